The van der Waals surface area contributed by atoms with Gasteiger partial charge in [0.05, 0.1) is 11.7 Å². The Morgan fingerprint density at radius 1 is 1.30 bits per heavy atom. The van der Waals surface area contributed by atoms with Crippen molar-refractivity contribution in [1.29, 1.82) is 0 Å². The normalized spacial score (nSPS) is 11.1. The van der Waals surface area contributed by atoms with Crippen molar-refractivity contribution in [2.24, 2.45) is 0 Å². The summed E-state index contributed by atoms with van der Waals surface area (Å²) in [5.41, 5.74) is 0.901. The van der Waals surface area contributed by atoms with E-state index in [1.807, 2.05) is 38.1 Å². The fraction of sp³-hybridized carbons (Fsp3) is 0.316. The van der Waals surface area contributed by atoms with Crippen LogP contribution in [0.3, 0.4) is 0 Å². The number of aromatic nitrogens is 2. The first-order chi connectivity index (χ1) is 13.0. The Kier molecular flexibility index (Phi) is 6.57. The lowest BCUT2D eigenvalue weighted by Crippen LogP contribution is -2.29. The van der Waals surface area contributed by atoms with Crippen LogP contribution >= 0.6 is 34.7 Å². The van der Waals surface area contributed by atoms with E-state index >= 15 is 0 Å². The van der Waals surface area contributed by atoms with Crippen LogP contribution in [-0.2, 0) is 11.3 Å². The zero-order valence-electron chi connectivity index (χ0n) is 15.1. The number of carbonyl (C=O) groups excluding carboxylic acids is 1. The van der Waals surface area contributed by atoms with E-state index in [1.54, 1.807) is 11.8 Å². The molecule has 2 aromatic heterocycles. The predicted molar refractivity (Wildman–Crippen MR) is 113 cm³/mol. The van der Waals surface area contributed by atoms with Crippen molar-refractivity contribution < 1.29 is 4.79 Å². The van der Waals surface area contributed by atoms with Gasteiger partial charge in [0.1, 0.15) is 4.83 Å². The Hall–Kier alpha value is -1.83. The summed E-state index contributed by atoms with van der Waals surface area (Å²) in [6.07, 6.45) is 1.78. The third kappa shape index (κ3) is 4.91. The highest BCUT2D eigenvalue weighted by Gasteiger charge is 2.12. The van der Waals surface area contributed by atoms with Gasteiger partial charge in [0.25, 0.3) is 5.56 Å². The molecule has 142 valence electrons. The molecule has 8 heteroatoms. The number of hydrogen-bond donors (Lipinski definition) is 1. The molecule has 5 nitrogen and oxygen atoms in total. The first kappa shape index (κ1) is 19.9. The van der Waals surface area contributed by atoms with Gasteiger partial charge in [-0.15, -0.1) is 23.1 Å². The molecule has 1 aromatic carbocycles. The van der Waals surface area contributed by atoms with Gasteiger partial charge in [-0.25, -0.2) is 4.98 Å². The molecular weight excluding hydrogens is 402 g/mol. The highest BCUT2D eigenvalue weighted by Crippen LogP contribution is 2.25. The Labute approximate surface area is 170 Å². The summed E-state index contributed by atoms with van der Waals surface area (Å²) in [6, 6.07) is 7.61. The minimum absolute atomic E-state index is 0.0723. The topological polar surface area (TPSA) is 64.0 Å². The van der Waals surface area contributed by atoms with Crippen LogP contribution in [0.4, 0.5) is 0 Å². The number of thiophene rings is 1. The van der Waals surface area contributed by atoms with Crippen LogP contribution in [0.15, 0.2) is 40.3 Å². The van der Waals surface area contributed by atoms with Crippen molar-refractivity contribution in [1.82, 2.24) is 14.9 Å². The molecule has 2 heterocycles. The van der Waals surface area contributed by atoms with Crippen molar-refractivity contribution >= 4 is 50.8 Å². The lowest BCUT2D eigenvalue weighted by atomic mass is 10.2. The molecule has 3 rings (SSSR count). The van der Waals surface area contributed by atoms with Crippen molar-refractivity contribution in [2.45, 2.75) is 31.7 Å². The zero-order chi connectivity index (χ0) is 19.4. The van der Waals surface area contributed by atoms with Gasteiger partial charge >= 0.3 is 0 Å². The number of hydrogen-bond acceptors (Lipinski definition) is 5. The number of fused-ring (bicyclic) bond motifs is 1. The van der Waals surface area contributed by atoms with Crippen molar-refractivity contribution in [3.8, 4) is 0 Å². The van der Waals surface area contributed by atoms with E-state index in [0.29, 0.717) is 23.5 Å². The maximum Gasteiger partial charge on any atom is 0.262 e. The molecule has 0 bridgehead atoms. The average molecular weight is 422 g/mol. The maximum atomic E-state index is 12.6. The number of rotatable bonds is 7. The van der Waals surface area contributed by atoms with E-state index in [2.05, 4.69) is 10.3 Å². The van der Waals surface area contributed by atoms with Crippen molar-refractivity contribution in [3.63, 3.8) is 0 Å². The van der Waals surface area contributed by atoms with Gasteiger partial charge in [0.15, 0.2) is 0 Å². The third-order valence-corrected chi connectivity index (χ3v) is 6.62. The van der Waals surface area contributed by atoms with Gasteiger partial charge in [0, 0.05) is 40.1 Å². The van der Waals surface area contributed by atoms with Gasteiger partial charge < -0.3 is 5.32 Å². The Morgan fingerprint density at radius 2 is 2.04 bits per heavy atom. The largest absolute Gasteiger partial charge is 0.355 e. The number of nitrogens with zero attached hydrogens (tertiary/aromatic N) is 2. The molecule has 0 radical (unpaired) electrons. The molecule has 0 saturated carbocycles. The molecule has 0 spiro atoms. The number of halogens is 1. The van der Waals surface area contributed by atoms with Gasteiger partial charge in [-0.1, -0.05) is 11.6 Å². The molecular formula is C19H20ClN3O2S2. The summed E-state index contributed by atoms with van der Waals surface area (Å²) in [4.78, 5) is 32.0. The Balaban J connectivity index is 1.48. The summed E-state index contributed by atoms with van der Waals surface area (Å²) in [7, 11) is 0. The molecule has 0 aliphatic carbocycles. The molecule has 3 aromatic rings. The number of aryl methyl sites for hydroxylation is 3. The van der Waals surface area contributed by atoms with Gasteiger partial charge in [-0.2, -0.15) is 0 Å². The van der Waals surface area contributed by atoms with E-state index < -0.39 is 0 Å². The molecule has 0 aliphatic rings. The molecule has 1 amide bonds. The maximum absolute atomic E-state index is 12.6. The SMILES string of the molecule is Cc1sc2ncn(CCC(=O)NCCSc3ccc(Cl)cc3)c(=O)c2c1C. The molecule has 0 unspecified atom stereocenters. The minimum atomic E-state index is -0.0760. The summed E-state index contributed by atoms with van der Waals surface area (Å²) in [5.74, 6) is 0.700. The summed E-state index contributed by atoms with van der Waals surface area (Å²) >= 11 is 9.04. The molecule has 0 fully saturated rings. The number of nitrogens with one attached hydrogen (secondary N) is 1. The zero-order valence-corrected chi connectivity index (χ0v) is 17.5. The highest BCUT2D eigenvalue weighted by molar-refractivity contribution is 7.99. The summed E-state index contributed by atoms with van der Waals surface area (Å²) in [6.45, 7) is 4.82. The van der Waals surface area contributed by atoms with Crippen LogP contribution in [0.2, 0.25) is 5.02 Å². The lowest BCUT2D eigenvalue weighted by Gasteiger charge is -2.07. The second kappa shape index (κ2) is 8.91. The number of amides is 1. The number of benzene rings is 1. The first-order valence-corrected chi connectivity index (χ1v) is 10.7. The van der Waals surface area contributed by atoms with E-state index in [1.165, 1.54) is 22.2 Å². The molecule has 0 saturated heterocycles. The number of carbonyl (C=O) groups is 1. The third-order valence-electron chi connectivity index (χ3n) is 4.24. The smallest absolute Gasteiger partial charge is 0.262 e. The minimum Gasteiger partial charge on any atom is -0.355 e. The van der Waals surface area contributed by atoms with Crippen molar-refractivity contribution in [2.75, 3.05) is 12.3 Å². The Bertz CT molecular complexity index is 1010. The molecule has 27 heavy (non-hydrogen) atoms. The van der Waals surface area contributed by atoms with Crippen LogP contribution in [0.1, 0.15) is 16.9 Å². The van der Waals surface area contributed by atoms with E-state index in [9.17, 15) is 9.59 Å². The average Bonchev–Trinajstić information content (AvgIpc) is 2.94. The summed E-state index contributed by atoms with van der Waals surface area (Å²) in [5, 5.41) is 4.27. The van der Waals surface area contributed by atoms with Crippen LogP contribution in [0.5, 0.6) is 0 Å². The predicted octanol–water partition coefficient (Wildman–Crippen LogP) is 4.03. The molecule has 0 aliphatic heterocycles. The van der Waals surface area contributed by atoms with Gasteiger partial charge in [-0.05, 0) is 43.7 Å². The van der Waals surface area contributed by atoms with Crippen LogP contribution in [0, 0.1) is 13.8 Å². The summed E-state index contributed by atoms with van der Waals surface area (Å²) < 4.78 is 1.52. The first-order valence-electron chi connectivity index (χ1n) is 8.56. The van der Waals surface area contributed by atoms with Crippen LogP contribution in [0.25, 0.3) is 10.2 Å². The molecule has 1 N–H and O–H groups in total. The monoisotopic (exact) mass is 421 g/mol. The Morgan fingerprint density at radius 3 is 2.78 bits per heavy atom. The second-order valence-corrected chi connectivity index (χ2v) is 8.92. The van der Waals surface area contributed by atoms with Crippen LogP contribution < -0.4 is 10.9 Å². The second-order valence-electron chi connectivity index (χ2n) is 6.11. The fourth-order valence-corrected chi connectivity index (χ4v) is 4.51. The van der Waals surface area contributed by atoms with E-state index in [0.717, 1.165) is 25.9 Å². The van der Waals surface area contributed by atoms with E-state index in [-0.39, 0.29) is 17.9 Å². The fourth-order valence-electron chi connectivity index (χ4n) is 2.63. The van der Waals surface area contributed by atoms with Crippen molar-refractivity contribution in [3.05, 3.63) is 56.4 Å². The molecule has 0 atom stereocenters. The standard InChI is InChI=1S/C19H20ClN3O2S2/c1-12-13(2)27-18-17(12)19(25)23(11-22-18)9-7-16(24)21-8-10-26-15-5-3-14(20)4-6-15/h3-6,11H,7-10H2,1-2H3,(H,21,24). The quantitative estimate of drug-likeness (QED) is 0.462. The number of thioether (sulfide) groups is 1. The highest BCUT2D eigenvalue weighted by atomic mass is 35.5. The van der Waals surface area contributed by atoms with Gasteiger partial charge in [-0.3, -0.25) is 14.2 Å². The lowest BCUT2D eigenvalue weighted by molar-refractivity contribution is -0.121. The van der Waals surface area contributed by atoms with Gasteiger partial charge in [0.2, 0.25) is 5.91 Å². The van der Waals surface area contributed by atoms with Crippen LogP contribution in [-0.4, -0.2) is 27.8 Å². The van der Waals surface area contributed by atoms with E-state index in [4.69, 9.17) is 11.6 Å².